The first kappa shape index (κ1) is 17.5. The van der Waals surface area contributed by atoms with Crippen molar-refractivity contribution in [3.8, 4) is 10.6 Å². The number of nitrogens with one attached hydrogen (secondary N) is 2. The summed E-state index contributed by atoms with van der Waals surface area (Å²) < 4.78 is 0. The van der Waals surface area contributed by atoms with Gasteiger partial charge in [0.2, 0.25) is 0 Å². The van der Waals surface area contributed by atoms with Gasteiger partial charge in [0.1, 0.15) is 15.6 Å². The van der Waals surface area contributed by atoms with Crippen LogP contribution in [0.4, 0.5) is 5.69 Å². The van der Waals surface area contributed by atoms with Crippen LogP contribution in [0.3, 0.4) is 0 Å². The Labute approximate surface area is 156 Å². The van der Waals surface area contributed by atoms with Crippen LogP contribution in [0.25, 0.3) is 10.6 Å². The standard InChI is InChI=1S/C16H11Cl2N3O3S/c1-7-11(17)12(18)13(20-7)14(22)21-9-4-2-8(3-5-9)15-19-6-10(25-15)16(23)24/h2-6,20H,1H3,(H,21,22)(H,23,24). The van der Waals surface area contributed by atoms with E-state index in [1.54, 1.807) is 31.2 Å². The van der Waals surface area contributed by atoms with E-state index in [2.05, 4.69) is 15.3 Å². The van der Waals surface area contributed by atoms with Gasteiger partial charge in [-0.1, -0.05) is 23.2 Å². The molecule has 1 aromatic carbocycles. The number of rotatable bonds is 4. The summed E-state index contributed by atoms with van der Waals surface area (Å²) in [5.41, 5.74) is 2.12. The Balaban J connectivity index is 1.77. The lowest BCUT2D eigenvalue weighted by molar-refractivity contribution is 0.0701. The fraction of sp³-hybridized carbons (Fsp3) is 0.0625. The molecular weight excluding hydrogens is 385 g/mol. The molecule has 0 unspecified atom stereocenters. The zero-order valence-corrected chi connectivity index (χ0v) is 15.1. The molecule has 25 heavy (non-hydrogen) atoms. The summed E-state index contributed by atoms with van der Waals surface area (Å²) in [6.45, 7) is 1.72. The molecule has 2 heterocycles. The Kier molecular flexibility index (Phi) is 4.80. The van der Waals surface area contributed by atoms with E-state index in [1.165, 1.54) is 6.20 Å². The van der Waals surface area contributed by atoms with Crippen LogP contribution >= 0.6 is 34.5 Å². The minimum Gasteiger partial charge on any atom is -0.477 e. The molecule has 6 nitrogen and oxygen atoms in total. The van der Waals surface area contributed by atoms with E-state index < -0.39 is 11.9 Å². The van der Waals surface area contributed by atoms with Gasteiger partial charge in [0, 0.05) is 16.9 Å². The van der Waals surface area contributed by atoms with Gasteiger partial charge in [-0.3, -0.25) is 4.79 Å². The number of amides is 1. The van der Waals surface area contributed by atoms with E-state index in [4.69, 9.17) is 28.3 Å². The molecule has 0 aliphatic carbocycles. The van der Waals surface area contributed by atoms with Gasteiger partial charge in [0.25, 0.3) is 5.91 Å². The van der Waals surface area contributed by atoms with Gasteiger partial charge in [-0.15, -0.1) is 11.3 Å². The molecule has 0 saturated heterocycles. The number of H-pyrrole nitrogens is 1. The van der Waals surface area contributed by atoms with Crippen molar-refractivity contribution in [2.75, 3.05) is 5.32 Å². The smallest absolute Gasteiger partial charge is 0.347 e. The van der Waals surface area contributed by atoms with Crippen LogP contribution < -0.4 is 5.32 Å². The largest absolute Gasteiger partial charge is 0.477 e. The summed E-state index contributed by atoms with van der Waals surface area (Å²) >= 11 is 13.1. The number of hydrogen-bond acceptors (Lipinski definition) is 4. The van der Waals surface area contributed by atoms with Gasteiger partial charge in [0.15, 0.2) is 0 Å². The second-order valence-corrected chi connectivity index (χ2v) is 6.91. The number of aryl methyl sites for hydroxylation is 1. The highest BCUT2D eigenvalue weighted by molar-refractivity contribution is 7.16. The lowest BCUT2D eigenvalue weighted by atomic mass is 10.2. The number of aromatic carboxylic acids is 1. The van der Waals surface area contributed by atoms with Gasteiger partial charge in [-0.2, -0.15) is 0 Å². The fourth-order valence-electron chi connectivity index (χ4n) is 2.12. The maximum absolute atomic E-state index is 12.3. The molecular formula is C16H11Cl2N3O3S. The predicted octanol–water partition coefficient (Wildman–Crippen LogP) is 4.70. The highest BCUT2D eigenvalue weighted by Gasteiger charge is 2.18. The van der Waals surface area contributed by atoms with E-state index in [-0.39, 0.29) is 15.6 Å². The minimum absolute atomic E-state index is 0.168. The third-order valence-electron chi connectivity index (χ3n) is 3.39. The number of anilines is 1. The molecule has 1 amide bonds. The van der Waals surface area contributed by atoms with Gasteiger partial charge in [0.05, 0.1) is 16.2 Å². The average Bonchev–Trinajstić information content (AvgIpc) is 3.17. The molecule has 3 rings (SSSR count). The van der Waals surface area contributed by atoms with E-state index >= 15 is 0 Å². The predicted molar refractivity (Wildman–Crippen MR) is 98.0 cm³/mol. The van der Waals surface area contributed by atoms with Crippen LogP contribution in [0.5, 0.6) is 0 Å². The number of carbonyl (C=O) groups excluding carboxylic acids is 1. The number of carboxylic acid groups (broad SMARTS) is 1. The molecule has 3 N–H and O–H groups in total. The normalized spacial score (nSPS) is 10.7. The minimum atomic E-state index is -1.01. The van der Waals surface area contributed by atoms with Crippen LogP contribution in [0.2, 0.25) is 10.0 Å². The van der Waals surface area contributed by atoms with Gasteiger partial charge in [-0.25, -0.2) is 9.78 Å². The SMILES string of the molecule is Cc1[nH]c(C(=O)Nc2ccc(-c3ncc(C(=O)O)s3)cc2)c(Cl)c1Cl. The zero-order chi connectivity index (χ0) is 18.1. The molecule has 0 saturated carbocycles. The molecule has 9 heteroatoms. The third-order valence-corrected chi connectivity index (χ3v) is 5.37. The Bertz CT molecular complexity index is 964. The zero-order valence-electron chi connectivity index (χ0n) is 12.8. The number of hydrogen-bond donors (Lipinski definition) is 3. The van der Waals surface area contributed by atoms with Crippen molar-refractivity contribution < 1.29 is 14.7 Å². The van der Waals surface area contributed by atoms with Crippen molar-refractivity contribution in [1.82, 2.24) is 9.97 Å². The number of carbonyl (C=O) groups is 2. The number of aromatic nitrogens is 2. The Morgan fingerprint density at radius 3 is 2.40 bits per heavy atom. The number of carboxylic acids is 1. The number of aromatic amines is 1. The maximum atomic E-state index is 12.3. The summed E-state index contributed by atoms with van der Waals surface area (Å²) in [6.07, 6.45) is 1.32. The number of halogens is 2. The molecule has 0 radical (unpaired) electrons. The number of thiazole rings is 1. The number of nitrogens with zero attached hydrogens (tertiary/aromatic N) is 1. The highest BCUT2D eigenvalue weighted by Crippen LogP contribution is 2.30. The molecule has 3 aromatic rings. The van der Waals surface area contributed by atoms with Crippen LogP contribution in [-0.4, -0.2) is 27.0 Å². The van der Waals surface area contributed by atoms with E-state index in [9.17, 15) is 9.59 Å². The van der Waals surface area contributed by atoms with Crippen molar-refractivity contribution in [2.24, 2.45) is 0 Å². The summed E-state index contributed by atoms with van der Waals surface area (Å²) in [5.74, 6) is -1.42. The average molecular weight is 396 g/mol. The second-order valence-electron chi connectivity index (χ2n) is 5.12. The van der Waals surface area contributed by atoms with Gasteiger partial charge < -0.3 is 15.4 Å². The van der Waals surface area contributed by atoms with E-state index in [1.807, 2.05) is 0 Å². The molecule has 0 atom stereocenters. The topological polar surface area (TPSA) is 95.1 Å². The van der Waals surface area contributed by atoms with Crippen LogP contribution in [0, 0.1) is 6.92 Å². The molecule has 0 spiro atoms. The van der Waals surface area contributed by atoms with E-state index in [0.717, 1.165) is 16.9 Å². The van der Waals surface area contributed by atoms with Gasteiger partial charge in [-0.05, 0) is 31.2 Å². The first-order chi connectivity index (χ1) is 11.9. The summed E-state index contributed by atoms with van der Waals surface area (Å²) in [7, 11) is 0. The van der Waals surface area contributed by atoms with Crippen LogP contribution in [-0.2, 0) is 0 Å². The summed E-state index contributed by atoms with van der Waals surface area (Å²) in [4.78, 5) is 30.3. The van der Waals surface area contributed by atoms with Gasteiger partial charge >= 0.3 is 5.97 Å². The maximum Gasteiger partial charge on any atom is 0.347 e. The van der Waals surface area contributed by atoms with Crippen LogP contribution in [0.15, 0.2) is 30.5 Å². The van der Waals surface area contributed by atoms with E-state index in [0.29, 0.717) is 21.4 Å². The van der Waals surface area contributed by atoms with Crippen LogP contribution in [0.1, 0.15) is 25.9 Å². The fourth-order valence-corrected chi connectivity index (χ4v) is 3.30. The Morgan fingerprint density at radius 1 is 1.20 bits per heavy atom. The van der Waals surface area contributed by atoms with Crippen molar-refractivity contribution in [1.29, 1.82) is 0 Å². The molecule has 128 valence electrons. The monoisotopic (exact) mass is 395 g/mol. The first-order valence-electron chi connectivity index (χ1n) is 7.01. The number of benzene rings is 1. The third kappa shape index (κ3) is 3.53. The Morgan fingerprint density at radius 2 is 1.88 bits per heavy atom. The summed E-state index contributed by atoms with van der Waals surface area (Å²) in [6, 6.07) is 6.88. The highest BCUT2D eigenvalue weighted by atomic mass is 35.5. The molecule has 0 fully saturated rings. The molecule has 0 bridgehead atoms. The lowest BCUT2D eigenvalue weighted by Gasteiger charge is -2.05. The summed E-state index contributed by atoms with van der Waals surface area (Å²) in [5, 5.41) is 12.7. The van der Waals surface area contributed by atoms with Crippen molar-refractivity contribution >= 4 is 52.1 Å². The van der Waals surface area contributed by atoms with Crippen molar-refractivity contribution in [3.63, 3.8) is 0 Å². The quantitative estimate of drug-likeness (QED) is 0.596. The van der Waals surface area contributed by atoms with Crippen molar-refractivity contribution in [3.05, 3.63) is 56.8 Å². The first-order valence-corrected chi connectivity index (χ1v) is 8.58. The molecule has 2 aromatic heterocycles. The second kappa shape index (κ2) is 6.87. The lowest BCUT2D eigenvalue weighted by Crippen LogP contribution is -2.12. The van der Waals surface area contributed by atoms with Crippen molar-refractivity contribution in [2.45, 2.75) is 6.92 Å². The molecule has 0 aliphatic heterocycles. The molecule has 0 aliphatic rings. The Hall–Kier alpha value is -2.35.